The van der Waals surface area contributed by atoms with Crippen LogP contribution in [0, 0.1) is 34.5 Å². The number of ether oxygens (including phenoxy) is 1. The zero-order valence-corrected chi connectivity index (χ0v) is 28.3. The van der Waals surface area contributed by atoms with E-state index in [4.69, 9.17) is 4.74 Å². The molecule has 4 aliphatic rings. The van der Waals surface area contributed by atoms with E-state index < -0.39 is 0 Å². The molecule has 0 spiro atoms. The SMILES string of the molecule is CCCCCNC(=O)CCCCCCCCCCCCCOC1C[C@]2(C)C(O)CC[C@H]2[C@@H]2CCC3CC(=O)CC[C@]3(C)[C@H]12. The van der Waals surface area contributed by atoms with E-state index in [1.165, 1.54) is 89.9 Å². The van der Waals surface area contributed by atoms with E-state index in [1.54, 1.807) is 0 Å². The highest BCUT2D eigenvalue weighted by Gasteiger charge is 2.63. The van der Waals surface area contributed by atoms with Gasteiger partial charge in [0.05, 0.1) is 12.2 Å². The number of aliphatic hydroxyl groups is 1. The number of carbonyl (C=O) groups excluding carboxylic acids is 2. The fourth-order valence-electron chi connectivity index (χ4n) is 10.2. The monoisotopic (exact) mass is 602 g/mol. The van der Waals surface area contributed by atoms with Crippen molar-refractivity contribution in [1.29, 1.82) is 0 Å². The molecule has 4 aliphatic carbocycles. The van der Waals surface area contributed by atoms with Gasteiger partial charge in [-0.05, 0) is 92.3 Å². The van der Waals surface area contributed by atoms with Crippen LogP contribution >= 0.6 is 0 Å². The number of hydrogen-bond donors (Lipinski definition) is 2. The molecule has 2 N–H and O–H groups in total. The molecule has 0 bridgehead atoms. The number of unbranched alkanes of at least 4 members (excludes halogenated alkanes) is 12. The van der Waals surface area contributed by atoms with Gasteiger partial charge in [-0.2, -0.15) is 0 Å². The Kier molecular flexibility index (Phi) is 13.9. The second-order valence-corrected chi connectivity index (χ2v) is 15.7. The van der Waals surface area contributed by atoms with Crippen LogP contribution in [-0.2, 0) is 14.3 Å². The van der Waals surface area contributed by atoms with Crippen LogP contribution in [0.5, 0.6) is 0 Å². The average Bonchev–Trinajstić information content (AvgIpc) is 3.29. The van der Waals surface area contributed by atoms with Crippen LogP contribution in [-0.4, -0.2) is 42.2 Å². The molecule has 4 saturated carbocycles. The van der Waals surface area contributed by atoms with Gasteiger partial charge in [0.25, 0.3) is 0 Å². The van der Waals surface area contributed by atoms with Crippen molar-refractivity contribution < 1.29 is 19.4 Å². The average molecular weight is 602 g/mol. The third-order valence-electron chi connectivity index (χ3n) is 12.8. The Morgan fingerprint density at radius 1 is 0.860 bits per heavy atom. The van der Waals surface area contributed by atoms with Gasteiger partial charge >= 0.3 is 0 Å². The number of amides is 1. The number of nitrogens with one attached hydrogen (secondary N) is 1. The standard InChI is InChI=1S/C38H67NO4/c1-4-5-16-25-39-35(42)18-15-13-11-9-7-6-8-10-12-14-17-26-43-33-28-38(3)32(21-22-34(38)41)31-20-19-29-27-30(40)23-24-37(29,2)36(31)33/h29,31-34,36,41H,4-28H2,1-3H3,(H,39,42)/t29?,31-,32-,33?,34?,36-,37-,38-/m0/s1. The summed E-state index contributed by atoms with van der Waals surface area (Å²) in [6.07, 6.45) is 26.2. The zero-order chi connectivity index (χ0) is 30.7. The molecule has 5 nitrogen and oxygen atoms in total. The summed E-state index contributed by atoms with van der Waals surface area (Å²) in [5.74, 6) is 3.06. The number of aliphatic hydroxyl groups excluding tert-OH is 1. The maximum absolute atomic E-state index is 12.4. The van der Waals surface area contributed by atoms with Crippen LogP contribution in [0.15, 0.2) is 0 Å². The zero-order valence-electron chi connectivity index (χ0n) is 28.3. The van der Waals surface area contributed by atoms with Gasteiger partial charge in [0.1, 0.15) is 5.78 Å². The molecule has 0 saturated heterocycles. The van der Waals surface area contributed by atoms with Crippen LogP contribution in [0.1, 0.15) is 168 Å². The molecule has 0 aliphatic heterocycles. The van der Waals surface area contributed by atoms with Crippen LogP contribution in [0.25, 0.3) is 0 Å². The Morgan fingerprint density at radius 3 is 2.23 bits per heavy atom. The summed E-state index contributed by atoms with van der Waals surface area (Å²) in [4.78, 5) is 24.2. The number of Topliss-reactive ketones (excluding diaryl/α,β-unsaturated/α-hetero) is 1. The first-order chi connectivity index (χ1) is 20.8. The van der Waals surface area contributed by atoms with Crippen LogP contribution < -0.4 is 5.32 Å². The minimum Gasteiger partial charge on any atom is -0.393 e. The van der Waals surface area contributed by atoms with Crippen molar-refractivity contribution in [2.75, 3.05) is 13.2 Å². The first-order valence-electron chi connectivity index (χ1n) is 18.9. The Balaban J connectivity index is 1.08. The lowest BCUT2D eigenvalue weighted by Gasteiger charge is -2.62. The number of rotatable bonds is 19. The molecule has 0 aromatic heterocycles. The van der Waals surface area contributed by atoms with Crippen molar-refractivity contribution in [1.82, 2.24) is 5.32 Å². The highest BCUT2D eigenvalue weighted by molar-refractivity contribution is 5.79. The van der Waals surface area contributed by atoms with E-state index in [0.717, 1.165) is 64.5 Å². The molecule has 43 heavy (non-hydrogen) atoms. The largest absolute Gasteiger partial charge is 0.393 e. The topological polar surface area (TPSA) is 75.6 Å². The second-order valence-electron chi connectivity index (χ2n) is 15.7. The Labute approximate surface area is 264 Å². The predicted molar refractivity (Wildman–Crippen MR) is 176 cm³/mol. The lowest BCUT2D eigenvalue weighted by molar-refractivity contribution is -0.192. The quantitative estimate of drug-likeness (QED) is 0.145. The number of ketones is 1. The van der Waals surface area contributed by atoms with E-state index in [2.05, 4.69) is 26.1 Å². The molecule has 8 atom stereocenters. The minimum absolute atomic E-state index is 0.00202. The number of fused-ring (bicyclic) bond motifs is 5. The van der Waals surface area contributed by atoms with Gasteiger partial charge < -0.3 is 15.2 Å². The smallest absolute Gasteiger partial charge is 0.219 e. The summed E-state index contributed by atoms with van der Waals surface area (Å²) in [6, 6.07) is 0. The summed E-state index contributed by atoms with van der Waals surface area (Å²) < 4.78 is 6.83. The van der Waals surface area contributed by atoms with Gasteiger partial charge in [-0.1, -0.05) is 91.4 Å². The van der Waals surface area contributed by atoms with Crippen molar-refractivity contribution in [3.63, 3.8) is 0 Å². The molecule has 4 rings (SSSR count). The minimum atomic E-state index is -0.186. The maximum atomic E-state index is 12.4. The Bertz CT molecular complexity index is 861. The van der Waals surface area contributed by atoms with Gasteiger partial charge in [-0.15, -0.1) is 0 Å². The third kappa shape index (κ3) is 9.08. The van der Waals surface area contributed by atoms with Crippen molar-refractivity contribution >= 4 is 11.7 Å². The Hall–Kier alpha value is -0.940. The van der Waals surface area contributed by atoms with Gasteiger partial charge in [0.15, 0.2) is 0 Å². The summed E-state index contributed by atoms with van der Waals surface area (Å²) in [5, 5.41) is 14.1. The third-order valence-corrected chi connectivity index (χ3v) is 12.8. The van der Waals surface area contributed by atoms with Gasteiger partial charge in [0, 0.05) is 32.4 Å². The fraction of sp³-hybridized carbons (Fsp3) is 0.947. The molecule has 1 amide bonds. The van der Waals surface area contributed by atoms with Crippen LogP contribution in [0.4, 0.5) is 0 Å². The fourth-order valence-corrected chi connectivity index (χ4v) is 10.2. The summed E-state index contributed by atoms with van der Waals surface area (Å²) >= 11 is 0. The van der Waals surface area contributed by atoms with E-state index in [1.807, 2.05) is 0 Å². The van der Waals surface area contributed by atoms with Crippen molar-refractivity contribution in [2.24, 2.45) is 34.5 Å². The summed E-state index contributed by atoms with van der Waals surface area (Å²) in [6.45, 7) is 8.74. The molecule has 248 valence electrons. The van der Waals surface area contributed by atoms with Crippen molar-refractivity contribution in [2.45, 2.75) is 181 Å². The Morgan fingerprint density at radius 2 is 1.53 bits per heavy atom. The van der Waals surface area contributed by atoms with E-state index in [0.29, 0.717) is 35.9 Å². The molecule has 0 aromatic carbocycles. The van der Waals surface area contributed by atoms with Gasteiger partial charge in [-0.25, -0.2) is 0 Å². The first-order valence-corrected chi connectivity index (χ1v) is 18.9. The maximum Gasteiger partial charge on any atom is 0.219 e. The van der Waals surface area contributed by atoms with Gasteiger partial charge in [0.2, 0.25) is 5.91 Å². The molecule has 0 aromatic rings. The second kappa shape index (κ2) is 17.1. The summed E-state index contributed by atoms with van der Waals surface area (Å²) in [7, 11) is 0. The highest BCUT2D eigenvalue weighted by Crippen LogP contribution is 2.66. The summed E-state index contributed by atoms with van der Waals surface area (Å²) in [5.41, 5.74) is 0.223. The van der Waals surface area contributed by atoms with Crippen LogP contribution in [0.3, 0.4) is 0 Å². The number of hydrogen-bond acceptors (Lipinski definition) is 4. The molecule has 0 radical (unpaired) electrons. The van der Waals surface area contributed by atoms with Crippen molar-refractivity contribution in [3.05, 3.63) is 0 Å². The van der Waals surface area contributed by atoms with Crippen LogP contribution in [0.2, 0.25) is 0 Å². The highest BCUT2D eigenvalue weighted by atomic mass is 16.5. The number of carbonyl (C=O) groups is 2. The lowest BCUT2D eigenvalue weighted by atomic mass is 9.44. The molecule has 4 fully saturated rings. The molecule has 0 heterocycles. The van der Waals surface area contributed by atoms with Crippen molar-refractivity contribution in [3.8, 4) is 0 Å². The predicted octanol–water partition coefficient (Wildman–Crippen LogP) is 8.94. The normalized spacial score (nSPS) is 35.3. The van der Waals surface area contributed by atoms with E-state index in [9.17, 15) is 14.7 Å². The molecular formula is C38H67NO4. The molecule has 5 heteroatoms. The van der Waals surface area contributed by atoms with E-state index >= 15 is 0 Å². The lowest BCUT2D eigenvalue weighted by Crippen LogP contribution is -2.60. The molecule has 3 unspecified atom stereocenters. The van der Waals surface area contributed by atoms with Gasteiger partial charge in [-0.3, -0.25) is 9.59 Å². The van der Waals surface area contributed by atoms with E-state index in [-0.39, 0.29) is 28.9 Å². The first kappa shape index (κ1) is 34.9. The molecular weight excluding hydrogens is 534 g/mol.